The number of alkyl halides is 3. The van der Waals surface area contributed by atoms with Gasteiger partial charge in [0.25, 0.3) is 0 Å². The molecule has 1 aliphatic rings. The summed E-state index contributed by atoms with van der Waals surface area (Å²) in [5.41, 5.74) is 0.956. The van der Waals surface area contributed by atoms with Crippen LogP contribution in [-0.2, 0) is 11.2 Å². The molecular formula is C14H16F3NO3. The lowest BCUT2D eigenvalue weighted by Crippen LogP contribution is -2.36. The first-order valence-electron chi connectivity index (χ1n) is 6.50. The Morgan fingerprint density at radius 2 is 2.24 bits per heavy atom. The zero-order valence-corrected chi connectivity index (χ0v) is 11.5. The van der Waals surface area contributed by atoms with Crippen molar-refractivity contribution in [2.75, 3.05) is 20.3 Å². The van der Waals surface area contributed by atoms with Crippen LogP contribution in [0.25, 0.3) is 0 Å². The number of carbonyl (C=O) groups excluding carboxylic acids is 1. The van der Waals surface area contributed by atoms with Gasteiger partial charge in [0.15, 0.2) is 0 Å². The van der Waals surface area contributed by atoms with Gasteiger partial charge in [0, 0.05) is 18.5 Å². The monoisotopic (exact) mass is 303 g/mol. The molecule has 1 heterocycles. The number of rotatable bonds is 4. The van der Waals surface area contributed by atoms with Gasteiger partial charge in [-0.1, -0.05) is 6.07 Å². The fourth-order valence-electron chi connectivity index (χ4n) is 2.18. The predicted molar refractivity (Wildman–Crippen MR) is 69.4 cm³/mol. The molecule has 1 N–H and O–H groups in total. The second-order valence-electron chi connectivity index (χ2n) is 4.95. The Bertz CT molecular complexity index is 517. The summed E-state index contributed by atoms with van der Waals surface area (Å²) in [7, 11) is 1.56. The quantitative estimate of drug-likeness (QED) is 0.928. The highest BCUT2D eigenvalue weighted by Crippen LogP contribution is 2.30. The number of hydrogen-bond donors (Lipinski definition) is 1. The number of benzene rings is 1. The van der Waals surface area contributed by atoms with Crippen molar-refractivity contribution in [2.24, 2.45) is 5.92 Å². The molecular weight excluding hydrogens is 287 g/mol. The minimum atomic E-state index is -4.48. The molecule has 0 radical (unpaired) electrons. The van der Waals surface area contributed by atoms with Crippen LogP contribution in [-0.4, -0.2) is 32.3 Å². The summed E-state index contributed by atoms with van der Waals surface area (Å²) in [5.74, 6) is 0.351. The normalized spacial score (nSPS) is 17.6. The average molecular weight is 303 g/mol. The van der Waals surface area contributed by atoms with Gasteiger partial charge in [-0.15, -0.1) is 0 Å². The molecule has 1 aliphatic heterocycles. The lowest BCUT2D eigenvalue weighted by molar-refractivity contribution is -0.153. The molecule has 0 bridgehead atoms. The van der Waals surface area contributed by atoms with Crippen molar-refractivity contribution in [2.45, 2.75) is 19.0 Å². The molecule has 0 spiro atoms. The van der Waals surface area contributed by atoms with Crippen molar-refractivity contribution in [3.8, 4) is 11.5 Å². The third-order valence-corrected chi connectivity index (χ3v) is 3.21. The number of nitrogens with one attached hydrogen (secondary N) is 1. The molecule has 21 heavy (non-hydrogen) atoms. The van der Waals surface area contributed by atoms with Gasteiger partial charge in [0.05, 0.1) is 13.7 Å². The lowest BCUT2D eigenvalue weighted by Gasteiger charge is -2.25. The largest absolute Gasteiger partial charge is 0.497 e. The number of methoxy groups -OCH3 is 1. The minimum Gasteiger partial charge on any atom is -0.497 e. The van der Waals surface area contributed by atoms with E-state index in [9.17, 15) is 18.0 Å². The van der Waals surface area contributed by atoms with Crippen molar-refractivity contribution in [3.05, 3.63) is 23.8 Å². The number of amides is 1. The van der Waals surface area contributed by atoms with Gasteiger partial charge in [0.2, 0.25) is 5.91 Å². The van der Waals surface area contributed by atoms with Crippen LogP contribution in [0.1, 0.15) is 12.0 Å². The van der Waals surface area contributed by atoms with Gasteiger partial charge >= 0.3 is 6.18 Å². The van der Waals surface area contributed by atoms with E-state index in [0.29, 0.717) is 24.5 Å². The first kappa shape index (κ1) is 15.5. The number of carbonyl (C=O) groups is 1. The second-order valence-corrected chi connectivity index (χ2v) is 4.95. The fraction of sp³-hybridized carbons (Fsp3) is 0.500. The van der Waals surface area contributed by atoms with Crippen LogP contribution in [0.4, 0.5) is 13.2 Å². The Morgan fingerprint density at radius 3 is 2.90 bits per heavy atom. The summed E-state index contributed by atoms with van der Waals surface area (Å²) in [6.07, 6.45) is -5.28. The number of fused-ring (bicyclic) bond motifs is 1. The molecule has 116 valence electrons. The third kappa shape index (κ3) is 4.54. The molecule has 0 unspecified atom stereocenters. The van der Waals surface area contributed by atoms with Crippen molar-refractivity contribution in [1.82, 2.24) is 5.32 Å². The van der Waals surface area contributed by atoms with Crippen LogP contribution in [0.3, 0.4) is 0 Å². The SMILES string of the molecule is COc1ccc2c(c1)OC[C@@H](CNC(=O)CC(F)(F)F)C2. The van der Waals surface area contributed by atoms with Crippen molar-refractivity contribution < 1.29 is 27.4 Å². The van der Waals surface area contributed by atoms with Gasteiger partial charge in [-0.2, -0.15) is 13.2 Å². The highest BCUT2D eigenvalue weighted by molar-refractivity contribution is 5.76. The zero-order chi connectivity index (χ0) is 15.5. The minimum absolute atomic E-state index is 0.0388. The molecule has 7 heteroatoms. The van der Waals surface area contributed by atoms with Gasteiger partial charge in [0.1, 0.15) is 17.9 Å². The van der Waals surface area contributed by atoms with Crippen molar-refractivity contribution in [1.29, 1.82) is 0 Å². The Hall–Kier alpha value is -1.92. The van der Waals surface area contributed by atoms with Crippen LogP contribution in [0, 0.1) is 5.92 Å². The molecule has 0 aliphatic carbocycles. The van der Waals surface area contributed by atoms with Crippen LogP contribution in [0.2, 0.25) is 0 Å². The molecule has 1 amide bonds. The molecule has 1 aromatic carbocycles. The van der Waals surface area contributed by atoms with E-state index in [2.05, 4.69) is 5.32 Å². The summed E-state index contributed by atoms with van der Waals surface area (Å²) >= 11 is 0. The van der Waals surface area contributed by atoms with Crippen LogP contribution < -0.4 is 14.8 Å². The Labute approximate surface area is 120 Å². The van der Waals surface area contributed by atoms with Crippen LogP contribution in [0.15, 0.2) is 18.2 Å². The number of halogens is 3. The zero-order valence-electron chi connectivity index (χ0n) is 11.5. The van der Waals surface area contributed by atoms with E-state index in [4.69, 9.17) is 9.47 Å². The molecule has 0 aromatic heterocycles. The smallest absolute Gasteiger partial charge is 0.397 e. The molecule has 1 aromatic rings. The van der Waals surface area contributed by atoms with E-state index < -0.39 is 18.5 Å². The van der Waals surface area contributed by atoms with Crippen molar-refractivity contribution >= 4 is 5.91 Å². The highest BCUT2D eigenvalue weighted by Gasteiger charge is 2.31. The van der Waals surface area contributed by atoms with E-state index in [1.165, 1.54) is 0 Å². The summed E-state index contributed by atoms with van der Waals surface area (Å²) in [6, 6.07) is 5.43. The fourth-order valence-corrected chi connectivity index (χ4v) is 2.18. The lowest BCUT2D eigenvalue weighted by atomic mass is 9.96. The first-order chi connectivity index (χ1) is 9.87. The number of hydrogen-bond acceptors (Lipinski definition) is 3. The maximum Gasteiger partial charge on any atom is 0.397 e. The average Bonchev–Trinajstić information content (AvgIpc) is 2.42. The maximum absolute atomic E-state index is 12.0. The van der Waals surface area contributed by atoms with E-state index >= 15 is 0 Å². The first-order valence-corrected chi connectivity index (χ1v) is 6.50. The summed E-state index contributed by atoms with van der Waals surface area (Å²) in [6.45, 7) is 0.521. The van der Waals surface area contributed by atoms with Crippen LogP contribution in [0.5, 0.6) is 11.5 Å². The third-order valence-electron chi connectivity index (χ3n) is 3.21. The van der Waals surface area contributed by atoms with Crippen molar-refractivity contribution in [3.63, 3.8) is 0 Å². The molecule has 0 saturated carbocycles. The van der Waals surface area contributed by atoms with E-state index in [0.717, 1.165) is 5.56 Å². The van der Waals surface area contributed by atoms with Gasteiger partial charge in [-0.05, 0) is 18.1 Å². The summed E-state index contributed by atoms with van der Waals surface area (Å²) in [4.78, 5) is 11.1. The Balaban J connectivity index is 1.86. The molecule has 2 rings (SSSR count). The Kier molecular flexibility index (Phi) is 4.59. The second kappa shape index (κ2) is 6.24. The van der Waals surface area contributed by atoms with Gasteiger partial charge < -0.3 is 14.8 Å². The highest BCUT2D eigenvalue weighted by atomic mass is 19.4. The van der Waals surface area contributed by atoms with E-state index in [-0.39, 0.29) is 12.5 Å². The topological polar surface area (TPSA) is 47.6 Å². The summed E-state index contributed by atoms with van der Waals surface area (Å²) in [5, 5.41) is 2.30. The number of ether oxygens (including phenoxy) is 2. The standard InChI is InChI=1S/C14H16F3NO3/c1-20-11-3-2-10-4-9(8-21-12(10)5-11)7-18-13(19)6-14(15,16)17/h2-3,5,9H,4,6-8H2,1H3,(H,18,19)/t9-/m1/s1. The molecule has 4 nitrogen and oxygen atoms in total. The van der Waals surface area contributed by atoms with Gasteiger partial charge in [-0.3, -0.25) is 4.79 Å². The predicted octanol–water partition coefficient (Wildman–Crippen LogP) is 2.31. The van der Waals surface area contributed by atoms with Gasteiger partial charge in [-0.25, -0.2) is 0 Å². The Morgan fingerprint density at radius 1 is 1.48 bits per heavy atom. The maximum atomic E-state index is 12.0. The molecule has 0 fully saturated rings. The van der Waals surface area contributed by atoms with E-state index in [1.54, 1.807) is 19.2 Å². The molecule has 1 atom stereocenters. The van der Waals surface area contributed by atoms with Crippen LogP contribution >= 0.6 is 0 Å². The van der Waals surface area contributed by atoms with E-state index in [1.807, 2.05) is 6.07 Å². The molecule has 0 saturated heterocycles. The summed E-state index contributed by atoms with van der Waals surface area (Å²) < 4.78 is 46.8.